The van der Waals surface area contributed by atoms with Gasteiger partial charge in [0.05, 0.1) is 17.8 Å². The molecule has 2 heterocycles. The lowest BCUT2D eigenvalue weighted by Crippen LogP contribution is -2.32. The van der Waals surface area contributed by atoms with Crippen molar-refractivity contribution < 1.29 is 27.9 Å². The molecule has 2 amide bonds. The van der Waals surface area contributed by atoms with Crippen molar-refractivity contribution in [3.8, 4) is 11.4 Å². The van der Waals surface area contributed by atoms with E-state index >= 15 is 0 Å². The Balaban J connectivity index is 2.25. The second kappa shape index (κ2) is 10.7. The van der Waals surface area contributed by atoms with Crippen LogP contribution in [0.5, 0.6) is 0 Å². The first-order valence-corrected chi connectivity index (χ1v) is 10.8. The number of benzene rings is 1. The second-order valence-corrected chi connectivity index (χ2v) is 8.12. The number of alkyl halides is 3. The summed E-state index contributed by atoms with van der Waals surface area (Å²) in [5.74, 6) is -0.415. The maximum absolute atomic E-state index is 13.5. The number of halogens is 3. The molecule has 0 bridgehead atoms. The van der Waals surface area contributed by atoms with Crippen LogP contribution >= 0.6 is 0 Å². The summed E-state index contributed by atoms with van der Waals surface area (Å²) in [4.78, 5) is 36.4. The van der Waals surface area contributed by atoms with Gasteiger partial charge in [0, 0.05) is 39.0 Å². The zero-order chi connectivity index (χ0) is 25.8. The van der Waals surface area contributed by atoms with Gasteiger partial charge in [0.1, 0.15) is 5.82 Å². The molecule has 186 valence electrons. The van der Waals surface area contributed by atoms with Gasteiger partial charge in [-0.15, -0.1) is 0 Å². The Labute approximate surface area is 200 Å². The Morgan fingerprint density at radius 3 is 2.54 bits per heavy atom. The molecular formula is C24H26F3N5O3. The number of pyridine rings is 1. The van der Waals surface area contributed by atoms with E-state index in [1.165, 1.54) is 35.7 Å². The van der Waals surface area contributed by atoms with Crippen LogP contribution < -0.4 is 4.90 Å². The fourth-order valence-electron chi connectivity index (χ4n) is 3.50. The van der Waals surface area contributed by atoms with Crippen molar-refractivity contribution in [3.05, 3.63) is 65.1 Å². The highest BCUT2D eigenvalue weighted by Gasteiger charge is 2.32. The molecule has 0 atom stereocenters. The predicted molar refractivity (Wildman–Crippen MR) is 124 cm³/mol. The van der Waals surface area contributed by atoms with Crippen molar-refractivity contribution in [3.63, 3.8) is 0 Å². The number of anilines is 1. The molecule has 3 rings (SSSR count). The predicted octanol–water partition coefficient (Wildman–Crippen LogP) is 3.37. The van der Waals surface area contributed by atoms with Crippen LogP contribution in [0.25, 0.3) is 11.4 Å². The minimum atomic E-state index is -4.57. The third kappa shape index (κ3) is 5.86. The van der Waals surface area contributed by atoms with Gasteiger partial charge < -0.3 is 19.5 Å². The first-order chi connectivity index (χ1) is 16.6. The average molecular weight is 489 g/mol. The Kier molecular flexibility index (Phi) is 7.90. The summed E-state index contributed by atoms with van der Waals surface area (Å²) in [5.41, 5.74) is 0.753. The summed E-state index contributed by atoms with van der Waals surface area (Å²) in [6.07, 6.45) is -2.13. The number of aliphatic hydroxyl groups excluding tert-OH is 1. The number of aliphatic hydroxyl groups is 1. The molecule has 3 aromatic rings. The SMILES string of the molecule is Cc1ccc(Cn2c(-c3cccc(C(F)(F)F)c3)nc(N(C)C=O)c2C(=O)N(C)CCCO)nc1. The van der Waals surface area contributed by atoms with E-state index in [0.29, 0.717) is 18.5 Å². The molecule has 1 N–H and O–H groups in total. The molecule has 1 aromatic carbocycles. The number of aryl methyl sites for hydroxylation is 1. The van der Waals surface area contributed by atoms with Gasteiger partial charge in [0.15, 0.2) is 11.5 Å². The van der Waals surface area contributed by atoms with Crippen LogP contribution in [0.4, 0.5) is 19.0 Å². The molecule has 2 aromatic heterocycles. The summed E-state index contributed by atoms with van der Waals surface area (Å²) in [7, 11) is 2.94. The number of hydrogen-bond acceptors (Lipinski definition) is 5. The van der Waals surface area contributed by atoms with Gasteiger partial charge in [-0.25, -0.2) is 4.98 Å². The Morgan fingerprint density at radius 2 is 1.94 bits per heavy atom. The highest BCUT2D eigenvalue weighted by Crippen LogP contribution is 2.34. The molecule has 0 aliphatic carbocycles. The third-order valence-corrected chi connectivity index (χ3v) is 5.38. The van der Waals surface area contributed by atoms with Crippen molar-refractivity contribution in [1.82, 2.24) is 19.4 Å². The number of carbonyl (C=O) groups is 2. The maximum Gasteiger partial charge on any atom is 0.416 e. The third-order valence-electron chi connectivity index (χ3n) is 5.38. The van der Waals surface area contributed by atoms with E-state index in [-0.39, 0.29) is 42.6 Å². The largest absolute Gasteiger partial charge is 0.416 e. The Morgan fingerprint density at radius 1 is 1.20 bits per heavy atom. The summed E-state index contributed by atoms with van der Waals surface area (Å²) >= 11 is 0. The molecule has 35 heavy (non-hydrogen) atoms. The molecule has 0 saturated carbocycles. The van der Waals surface area contributed by atoms with Gasteiger partial charge in [-0.3, -0.25) is 14.6 Å². The van der Waals surface area contributed by atoms with Crippen LogP contribution in [0.2, 0.25) is 0 Å². The van der Waals surface area contributed by atoms with Crippen LogP contribution in [0.1, 0.15) is 33.7 Å². The van der Waals surface area contributed by atoms with Crippen molar-refractivity contribution >= 4 is 18.1 Å². The normalized spacial score (nSPS) is 11.4. The zero-order valence-electron chi connectivity index (χ0n) is 19.6. The molecule has 11 heteroatoms. The van der Waals surface area contributed by atoms with Crippen LogP contribution in [-0.2, 0) is 17.5 Å². The zero-order valence-corrected chi connectivity index (χ0v) is 19.6. The van der Waals surface area contributed by atoms with Crippen molar-refractivity contribution in [2.75, 3.05) is 32.1 Å². The molecule has 0 saturated heterocycles. The highest BCUT2D eigenvalue weighted by molar-refractivity contribution is 6.00. The number of nitrogens with zero attached hydrogens (tertiary/aromatic N) is 5. The van der Waals surface area contributed by atoms with Gasteiger partial charge in [-0.1, -0.05) is 18.2 Å². The second-order valence-electron chi connectivity index (χ2n) is 8.12. The Hall–Kier alpha value is -3.73. The summed E-state index contributed by atoms with van der Waals surface area (Å²) in [5, 5.41) is 9.15. The lowest BCUT2D eigenvalue weighted by atomic mass is 10.1. The van der Waals surface area contributed by atoms with E-state index in [0.717, 1.165) is 22.6 Å². The smallest absolute Gasteiger partial charge is 0.396 e. The summed E-state index contributed by atoms with van der Waals surface area (Å²) in [6, 6.07) is 8.21. The van der Waals surface area contributed by atoms with Crippen LogP contribution in [0.15, 0.2) is 42.6 Å². The van der Waals surface area contributed by atoms with Crippen molar-refractivity contribution in [2.45, 2.75) is 26.1 Å². The minimum absolute atomic E-state index is 0.000344. The Bertz CT molecular complexity index is 1190. The number of carbonyl (C=O) groups excluding carboxylic acids is 2. The van der Waals surface area contributed by atoms with E-state index < -0.39 is 17.6 Å². The summed E-state index contributed by atoms with van der Waals surface area (Å²) < 4.78 is 41.7. The van der Waals surface area contributed by atoms with Gasteiger partial charge in [0.25, 0.3) is 5.91 Å². The topological polar surface area (TPSA) is 91.6 Å². The molecule has 0 fully saturated rings. The molecule has 8 nitrogen and oxygen atoms in total. The fourth-order valence-corrected chi connectivity index (χ4v) is 3.50. The van der Waals surface area contributed by atoms with Gasteiger partial charge in [-0.2, -0.15) is 13.2 Å². The molecule has 0 aliphatic rings. The molecular weight excluding hydrogens is 463 g/mol. The van der Waals surface area contributed by atoms with Gasteiger partial charge in [-0.05, 0) is 37.1 Å². The van der Waals surface area contributed by atoms with E-state index in [4.69, 9.17) is 5.11 Å². The standard InChI is InChI=1S/C24H26F3N5O3/c1-16-8-9-19(28-13-16)14-32-20(23(35)30(2)10-5-11-33)22(31(3)15-34)29-21(32)17-6-4-7-18(12-17)24(25,26)27/h4,6-9,12-13,15,33H,5,10-11,14H2,1-3H3. The average Bonchev–Trinajstić information content (AvgIpc) is 3.21. The van der Waals surface area contributed by atoms with Crippen LogP contribution in [-0.4, -0.2) is 64.1 Å². The maximum atomic E-state index is 13.5. The van der Waals surface area contributed by atoms with Gasteiger partial charge >= 0.3 is 6.18 Å². The fraction of sp³-hybridized carbons (Fsp3) is 0.333. The number of hydrogen-bond donors (Lipinski definition) is 1. The van der Waals surface area contributed by atoms with Crippen molar-refractivity contribution in [1.29, 1.82) is 0 Å². The van der Waals surface area contributed by atoms with Gasteiger partial charge in [0.2, 0.25) is 6.41 Å². The first-order valence-electron chi connectivity index (χ1n) is 10.8. The monoisotopic (exact) mass is 489 g/mol. The van der Waals surface area contributed by atoms with E-state index in [1.54, 1.807) is 12.3 Å². The first kappa shape index (κ1) is 25.9. The quantitative estimate of drug-likeness (QED) is 0.466. The molecule has 0 radical (unpaired) electrons. The van der Waals surface area contributed by atoms with Crippen molar-refractivity contribution in [2.24, 2.45) is 0 Å². The van der Waals surface area contributed by atoms with Crippen LogP contribution in [0, 0.1) is 6.92 Å². The summed E-state index contributed by atoms with van der Waals surface area (Å²) in [6.45, 7) is 2.00. The lowest BCUT2D eigenvalue weighted by molar-refractivity contribution is -0.137. The van der Waals surface area contributed by atoms with Crippen LogP contribution in [0.3, 0.4) is 0 Å². The number of amides is 2. The van der Waals surface area contributed by atoms with E-state index in [2.05, 4.69) is 9.97 Å². The molecule has 0 unspecified atom stereocenters. The van der Waals surface area contributed by atoms with E-state index in [9.17, 15) is 22.8 Å². The number of rotatable bonds is 9. The molecule has 0 aliphatic heterocycles. The lowest BCUT2D eigenvalue weighted by Gasteiger charge is -2.20. The number of aromatic nitrogens is 3. The number of imidazole rings is 1. The minimum Gasteiger partial charge on any atom is -0.396 e. The highest BCUT2D eigenvalue weighted by atomic mass is 19.4. The molecule has 0 spiro atoms. The van der Waals surface area contributed by atoms with E-state index in [1.807, 2.05) is 13.0 Å².